The van der Waals surface area contributed by atoms with Crippen LogP contribution in [-0.2, 0) is 16.6 Å². The van der Waals surface area contributed by atoms with Gasteiger partial charge in [0.25, 0.3) is 0 Å². The van der Waals surface area contributed by atoms with Gasteiger partial charge in [0.2, 0.25) is 5.91 Å². The highest BCUT2D eigenvalue weighted by Crippen LogP contribution is 2.24. The van der Waals surface area contributed by atoms with Crippen LogP contribution in [0.3, 0.4) is 0 Å². The third kappa shape index (κ3) is 5.85. The second kappa shape index (κ2) is 9.82. The molecule has 1 N–H and O–H groups in total. The van der Waals surface area contributed by atoms with Gasteiger partial charge in [-0.05, 0) is 53.6 Å². The van der Waals surface area contributed by atoms with Crippen molar-refractivity contribution in [2.75, 3.05) is 12.4 Å². The summed E-state index contributed by atoms with van der Waals surface area (Å²) in [6, 6.07) is 20.8. The first-order valence-electron chi connectivity index (χ1n) is 10.9. The minimum Gasteiger partial charge on any atom is -0.496 e. The molecule has 3 aromatic carbocycles. The lowest BCUT2D eigenvalue weighted by Crippen LogP contribution is -2.13. The van der Waals surface area contributed by atoms with Crippen molar-refractivity contribution in [3.05, 3.63) is 94.5 Å². The molecule has 4 heteroatoms. The molecule has 0 radical (unpaired) electrons. The molecule has 0 saturated heterocycles. The van der Waals surface area contributed by atoms with Crippen LogP contribution in [0.2, 0.25) is 0 Å². The molecule has 0 aliphatic carbocycles. The number of aryl methyl sites for hydroxylation is 2. The van der Waals surface area contributed by atoms with Crippen molar-refractivity contribution in [2.45, 2.75) is 46.0 Å². The Morgan fingerprint density at radius 1 is 0.906 bits per heavy atom. The van der Waals surface area contributed by atoms with Gasteiger partial charge < -0.3 is 10.1 Å². The molecular weight excluding hydrogens is 398 g/mol. The Balaban J connectivity index is 1.63. The second-order valence-corrected chi connectivity index (χ2v) is 9.09. The lowest BCUT2D eigenvalue weighted by Gasteiger charge is -2.19. The number of ketones is 1. The van der Waals surface area contributed by atoms with Gasteiger partial charge in [-0.25, -0.2) is 0 Å². The molecule has 0 saturated carbocycles. The summed E-state index contributed by atoms with van der Waals surface area (Å²) in [5.74, 6) is 0.695. The third-order valence-corrected chi connectivity index (χ3v) is 5.52. The Morgan fingerprint density at radius 2 is 1.62 bits per heavy atom. The van der Waals surface area contributed by atoms with E-state index in [-0.39, 0.29) is 17.1 Å². The fraction of sp³-hybridized carbons (Fsp3) is 0.286. The van der Waals surface area contributed by atoms with Gasteiger partial charge in [-0.2, -0.15) is 0 Å². The Hall–Kier alpha value is -3.40. The summed E-state index contributed by atoms with van der Waals surface area (Å²) >= 11 is 0. The van der Waals surface area contributed by atoms with Crippen LogP contribution in [0.1, 0.15) is 59.8 Å². The first kappa shape index (κ1) is 23.3. The largest absolute Gasteiger partial charge is 0.496 e. The zero-order chi connectivity index (χ0) is 23.3. The minimum absolute atomic E-state index is 0.0380. The molecule has 1 amide bonds. The van der Waals surface area contributed by atoms with Crippen LogP contribution in [0, 0.1) is 6.92 Å². The summed E-state index contributed by atoms with van der Waals surface area (Å²) in [5, 5.41) is 2.91. The summed E-state index contributed by atoms with van der Waals surface area (Å²) < 4.78 is 5.28. The zero-order valence-electron chi connectivity index (χ0n) is 19.5. The van der Waals surface area contributed by atoms with E-state index in [4.69, 9.17) is 4.74 Å². The van der Waals surface area contributed by atoms with E-state index in [9.17, 15) is 9.59 Å². The number of amides is 1. The number of ether oxygens (including phenoxy) is 1. The molecule has 32 heavy (non-hydrogen) atoms. The number of carbonyl (C=O) groups excluding carboxylic acids is 2. The molecule has 0 spiro atoms. The lowest BCUT2D eigenvalue weighted by molar-refractivity contribution is -0.116. The van der Waals surface area contributed by atoms with Crippen LogP contribution in [-0.4, -0.2) is 18.8 Å². The average Bonchev–Trinajstić information content (AvgIpc) is 2.77. The van der Waals surface area contributed by atoms with Crippen LogP contribution >= 0.6 is 0 Å². The van der Waals surface area contributed by atoms with Crippen molar-refractivity contribution in [3.63, 3.8) is 0 Å². The maximum atomic E-state index is 12.9. The van der Waals surface area contributed by atoms with Crippen LogP contribution < -0.4 is 10.1 Å². The normalized spacial score (nSPS) is 11.2. The van der Waals surface area contributed by atoms with E-state index in [0.29, 0.717) is 29.7 Å². The lowest BCUT2D eigenvalue weighted by atomic mass is 9.86. The molecule has 0 atom stereocenters. The van der Waals surface area contributed by atoms with Gasteiger partial charge in [0.05, 0.1) is 7.11 Å². The van der Waals surface area contributed by atoms with E-state index in [1.54, 1.807) is 31.4 Å². The average molecular weight is 430 g/mol. The number of hydrogen-bond donors (Lipinski definition) is 1. The van der Waals surface area contributed by atoms with Crippen molar-refractivity contribution < 1.29 is 14.3 Å². The second-order valence-electron chi connectivity index (χ2n) is 9.09. The Bertz CT molecular complexity index is 1110. The minimum atomic E-state index is -0.0856. The number of anilines is 1. The van der Waals surface area contributed by atoms with Gasteiger partial charge in [0.15, 0.2) is 5.78 Å². The summed E-state index contributed by atoms with van der Waals surface area (Å²) in [5.41, 5.74) is 5.16. The first-order chi connectivity index (χ1) is 15.2. The summed E-state index contributed by atoms with van der Waals surface area (Å²) in [4.78, 5) is 25.4. The molecule has 0 heterocycles. The fourth-order valence-electron chi connectivity index (χ4n) is 3.60. The molecule has 0 unspecified atom stereocenters. The van der Waals surface area contributed by atoms with Gasteiger partial charge in [-0.15, -0.1) is 0 Å². The number of hydrogen-bond acceptors (Lipinski definition) is 3. The molecule has 0 aliphatic rings. The Morgan fingerprint density at radius 3 is 2.25 bits per heavy atom. The van der Waals surface area contributed by atoms with Crippen molar-refractivity contribution in [3.8, 4) is 5.75 Å². The summed E-state index contributed by atoms with van der Waals surface area (Å²) in [6.07, 6.45) is 0.994. The smallest absolute Gasteiger partial charge is 0.224 e. The standard InChI is InChI=1S/C28H31NO3/c1-19-17-20(9-15-25(19)32-5)10-16-26(30)29-24-8-6-7-22(18-24)27(31)21-11-13-23(14-12-21)28(2,3)4/h6-9,11-15,17-18H,10,16H2,1-5H3,(H,29,30). The monoisotopic (exact) mass is 429 g/mol. The van der Waals surface area contributed by atoms with Gasteiger partial charge in [-0.3, -0.25) is 9.59 Å². The van der Waals surface area contributed by atoms with Crippen molar-refractivity contribution in [1.82, 2.24) is 0 Å². The van der Waals surface area contributed by atoms with Crippen molar-refractivity contribution in [1.29, 1.82) is 0 Å². The molecule has 0 aliphatic heterocycles. The van der Waals surface area contributed by atoms with Gasteiger partial charge in [0.1, 0.15) is 5.75 Å². The molecule has 166 valence electrons. The molecule has 0 bridgehead atoms. The molecule has 0 fully saturated rings. The quantitative estimate of drug-likeness (QED) is 0.462. The maximum Gasteiger partial charge on any atom is 0.224 e. The number of benzene rings is 3. The number of methoxy groups -OCH3 is 1. The van der Waals surface area contributed by atoms with E-state index < -0.39 is 0 Å². The van der Waals surface area contributed by atoms with Crippen LogP contribution in [0.4, 0.5) is 5.69 Å². The topological polar surface area (TPSA) is 55.4 Å². The van der Waals surface area contributed by atoms with Crippen LogP contribution in [0.25, 0.3) is 0 Å². The third-order valence-electron chi connectivity index (χ3n) is 5.52. The van der Waals surface area contributed by atoms with E-state index in [0.717, 1.165) is 16.9 Å². The van der Waals surface area contributed by atoms with Gasteiger partial charge >= 0.3 is 0 Å². The fourth-order valence-corrected chi connectivity index (χ4v) is 3.60. The highest BCUT2D eigenvalue weighted by atomic mass is 16.5. The molecule has 3 rings (SSSR count). The number of rotatable bonds is 7. The van der Waals surface area contributed by atoms with E-state index in [1.165, 1.54) is 5.56 Å². The van der Waals surface area contributed by atoms with E-state index >= 15 is 0 Å². The Labute approximate surface area is 190 Å². The highest BCUT2D eigenvalue weighted by Gasteiger charge is 2.15. The molecule has 4 nitrogen and oxygen atoms in total. The summed E-state index contributed by atoms with van der Waals surface area (Å²) in [6.45, 7) is 8.42. The Kier molecular flexibility index (Phi) is 7.14. The SMILES string of the molecule is COc1ccc(CCC(=O)Nc2cccc(C(=O)c3ccc(C(C)(C)C)cc3)c2)cc1C. The highest BCUT2D eigenvalue weighted by molar-refractivity contribution is 6.09. The molecule has 3 aromatic rings. The van der Waals surface area contributed by atoms with Crippen LogP contribution in [0.15, 0.2) is 66.7 Å². The molecule has 0 aromatic heterocycles. The van der Waals surface area contributed by atoms with Crippen molar-refractivity contribution in [2.24, 2.45) is 0 Å². The zero-order valence-corrected chi connectivity index (χ0v) is 19.5. The van der Waals surface area contributed by atoms with Crippen molar-refractivity contribution >= 4 is 17.4 Å². The van der Waals surface area contributed by atoms with Crippen LogP contribution in [0.5, 0.6) is 5.75 Å². The van der Waals surface area contributed by atoms with Gasteiger partial charge in [-0.1, -0.05) is 69.3 Å². The van der Waals surface area contributed by atoms with E-state index in [2.05, 4.69) is 26.1 Å². The first-order valence-corrected chi connectivity index (χ1v) is 10.9. The molecular formula is C28H31NO3. The predicted molar refractivity (Wildman–Crippen MR) is 130 cm³/mol. The van der Waals surface area contributed by atoms with Gasteiger partial charge in [0, 0.05) is 23.2 Å². The predicted octanol–water partition coefficient (Wildman–Crippen LogP) is 6.10. The number of carbonyl (C=O) groups is 2. The number of nitrogens with one attached hydrogen (secondary N) is 1. The van der Waals surface area contributed by atoms with E-state index in [1.807, 2.05) is 49.4 Å². The summed E-state index contributed by atoms with van der Waals surface area (Å²) in [7, 11) is 1.65. The maximum absolute atomic E-state index is 12.9.